The molecule has 2 aliphatic rings. The van der Waals surface area contributed by atoms with Crippen molar-refractivity contribution in [3.05, 3.63) is 0 Å². The van der Waals surface area contributed by atoms with E-state index in [9.17, 15) is 4.57 Å². The third-order valence-corrected chi connectivity index (χ3v) is 7.48. The second-order valence-electron chi connectivity index (χ2n) is 5.58. The summed E-state index contributed by atoms with van der Waals surface area (Å²) in [5.74, 6) is 0. The molecule has 0 bridgehead atoms. The van der Waals surface area contributed by atoms with Crippen molar-refractivity contribution in [3.63, 3.8) is 0 Å². The topological polar surface area (TPSA) is 35.1 Å². The van der Waals surface area contributed by atoms with Gasteiger partial charge >= 0.3 is 0 Å². The third-order valence-electron chi connectivity index (χ3n) is 3.13. The molecule has 2 rings (SSSR count). The SMILES string of the molecule is CSNP(=O)(N1CC1(C)C)N1CC1(C)C. The van der Waals surface area contributed by atoms with E-state index in [2.05, 4.69) is 41.5 Å². The first-order valence-electron chi connectivity index (χ1n) is 5.21. The van der Waals surface area contributed by atoms with E-state index in [1.54, 1.807) is 0 Å². The fraction of sp³-hybridized carbons (Fsp3) is 1.00. The molecule has 0 aromatic carbocycles. The van der Waals surface area contributed by atoms with Crippen molar-refractivity contribution in [1.29, 1.82) is 0 Å². The molecule has 0 aromatic heterocycles. The maximum Gasteiger partial charge on any atom is 0.294 e. The summed E-state index contributed by atoms with van der Waals surface area (Å²) in [6.07, 6.45) is 1.93. The van der Waals surface area contributed by atoms with Crippen LogP contribution in [0.5, 0.6) is 0 Å². The summed E-state index contributed by atoms with van der Waals surface area (Å²) in [6, 6.07) is 0. The Balaban J connectivity index is 2.17. The van der Waals surface area contributed by atoms with E-state index in [0.29, 0.717) is 0 Å². The van der Waals surface area contributed by atoms with Gasteiger partial charge in [0, 0.05) is 24.2 Å². The molecule has 1 N–H and O–H groups in total. The van der Waals surface area contributed by atoms with Crippen LogP contribution in [-0.2, 0) is 4.57 Å². The molecule has 0 aliphatic carbocycles. The predicted octanol–water partition coefficient (Wildman–Crippen LogP) is 2.15. The number of hydrogen-bond acceptors (Lipinski definition) is 2. The van der Waals surface area contributed by atoms with Crippen molar-refractivity contribution in [1.82, 2.24) is 13.8 Å². The quantitative estimate of drug-likeness (QED) is 0.469. The first-order valence-corrected chi connectivity index (χ1v) is 8.04. The van der Waals surface area contributed by atoms with E-state index in [4.69, 9.17) is 0 Å². The minimum atomic E-state index is -2.50. The van der Waals surface area contributed by atoms with Gasteiger partial charge in [-0.25, -0.2) is 9.34 Å². The van der Waals surface area contributed by atoms with Gasteiger partial charge in [0.05, 0.1) is 0 Å². The van der Waals surface area contributed by atoms with Gasteiger partial charge in [-0.2, -0.15) is 4.49 Å². The van der Waals surface area contributed by atoms with Crippen LogP contribution in [0.1, 0.15) is 27.7 Å². The zero-order valence-electron chi connectivity index (χ0n) is 10.1. The van der Waals surface area contributed by atoms with Crippen LogP contribution in [0.2, 0.25) is 0 Å². The van der Waals surface area contributed by atoms with Crippen LogP contribution in [0, 0.1) is 0 Å². The molecule has 6 heteroatoms. The van der Waals surface area contributed by atoms with Crippen LogP contribution in [0.4, 0.5) is 0 Å². The van der Waals surface area contributed by atoms with Gasteiger partial charge in [0.1, 0.15) is 0 Å². The summed E-state index contributed by atoms with van der Waals surface area (Å²) in [4.78, 5) is 0. The molecule has 15 heavy (non-hydrogen) atoms. The van der Waals surface area contributed by atoms with Gasteiger partial charge in [-0.3, -0.25) is 4.57 Å². The Morgan fingerprint density at radius 1 is 1.13 bits per heavy atom. The standard InChI is InChI=1S/C9H20N3OPS/c1-8(2)6-11(8)14(13,10-15-5)12-7-9(12,3)4/h6-7H2,1-5H3,(H,10,13). The van der Waals surface area contributed by atoms with Crippen LogP contribution in [-0.4, -0.2) is 39.8 Å². The number of hydrogen-bond donors (Lipinski definition) is 1. The summed E-state index contributed by atoms with van der Waals surface area (Å²) >= 11 is 1.45. The fourth-order valence-electron chi connectivity index (χ4n) is 1.94. The molecule has 2 heterocycles. The minimum absolute atomic E-state index is 0.0942. The van der Waals surface area contributed by atoms with Gasteiger partial charge in [-0.15, -0.1) is 0 Å². The van der Waals surface area contributed by atoms with Crippen molar-refractivity contribution in [2.45, 2.75) is 38.8 Å². The highest BCUT2D eigenvalue weighted by Gasteiger charge is 2.64. The normalized spacial score (nSPS) is 39.5. The molecular formula is C9H20N3OPS. The van der Waals surface area contributed by atoms with Gasteiger partial charge in [-0.05, 0) is 34.0 Å². The average molecular weight is 249 g/mol. The molecule has 2 aliphatic heterocycles. The van der Waals surface area contributed by atoms with Crippen LogP contribution in [0.15, 0.2) is 0 Å². The van der Waals surface area contributed by atoms with Gasteiger partial charge in [0.2, 0.25) is 0 Å². The molecular weight excluding hydrogens is 229 g/mol. The fourth-order valence-corrected chi connectivity index (χ4v) is 6.48. The van der Waals surface area contributed by atoms with E-state index in [1.165, 1.54) is 11.9 Å². The van der Waals surface area contributed by atoms with E-state index < -0.39 is 7.59 Å². The lowest BCUT2D eigenvalue weighted by molar-refractivity contribution is 0.467. The van der Waals surface area contributed by atoms with Crippen molar-refractivity contribution in [3.8, 4) is 0 Å². The smallest absolute Gasteiger partial charge is 0.270 e. The highest BCUT2D eigenvalue weighted by molar-refractivity contribution is 8.01. The Labute approximate surface area is 96.4 Å². The van der Waals surface area contributed by atoms with Crippen molar-refractivity contribution < 1.29 is 4.57 Å². The predicted molar refractivity (Wildman–Crippen MR) is 65.8 cm³/mol. The molecule has 2 atom stereocenters. The van der Waals surface area contributed by atoms with Gasteiger partial charge in [0.25, 0.3) is 7.59 Å². The number of nitrogens with zero attached hydrogens (tertiary/aromatic N) is 2. The van der Waals surface area contributed by atoms with Gasteiger partial charge in [0.15, 0.2) is 0 Å². The lowest BCUT2D eigenvalue weighted by atomic mass is 10.2. The Kier molecular flexibility index (Phi) is 2.57. The first kappa shape index (κ1) is 11.9. The molecule has 0 aromatic rings. The summed E-state index contributed by atoms with van der Waals surface area (Å²) in [6.45, 7) is 10.4. The summed E-state index contributed by atoms with van der Waals surface area (Å²) in [7, 11) is -2.50. The van der Waals surface area contributed by atoms with Crippen molar-refractivity contribution in [2.24, 2.45) is 0 Å². The summed E-state index contributed by atoms with van der Waals surface area (Å²) < 4.78 is 20.2. The second-order valence-corrected chi connectivity index (χ2v) is 8.77. The molecule has 4 nitrogen and oxygen atoms in total. The highest BCUT2D eigenvalue weighted by atomic mass is 32.2. The van der Waals surface area contributed by atoms with Crippen molar-refractivity contribution in [2.75, 3.05) is 19.3 Å². The molecule has 0 radical (unpaired) electrons. The molecule has 2 fully saturated rings. The average Bonchev–Trinajstić information content (AvgIpc) is 2.89. The van der Waals surface area contributed by atoms with Crippen LogP contribution < -0.4 is 4.49 Å². The maximum absolute atomic E-state index is 12.9. The Morgan fingerprint density at radius 2 is 1.47 bits per heavy atom. The second kappa shape index (κ2) is 3.23. The lowest BCUT2D eigenvalue weighted by Gasteiger charge is -2.24. The summed E-state index contributed by atoms with van der Waals surface area (Å²) in [5, 5.41) is 0. The van der Waals surface area contributed by atoms with E-state index in [-0.39, 0.29) is 11.1 Å². The zero-order chi connectivity index (χ0) is 11.5. The molecule has 0 saturated carbocycles. The first-order chi connectivity index (χ1) is 6.74. The molecule has 0 spiro atoms. The van der Waals surface area contributed by atoms with Crippen LogP contribution in [0.25, 0.3) is 0 Å². The van der Waals surface area contributed by atoms with E-state index in [1.807, 2.05) is 6.26 Å². The van der Waals surface area contributed by atoms with Crippen LogP contribution in [0.3, 0.4) is 0 Å². The van der Waals surface area contributed by atoms with E-state index in [0.717, 1.165) is 13.1 Å². The third kappa shape index (κ3) is 1.89. The van der Waals surface area contributed by atoms with Gasteiger partial charge < -0.3 is 0 Å². The van der Waals surface area contributed by atoms with Gasteiger partial charge in [-0.1, -0.05) is 11.9 Å². The number of rotatable bonds is 4. The Morgan fingerprint density at radius 3 is 1.67 bits per heavy atom. The maximum atomic E-state index is 12.9. The largest absolute Gasteiger partial charge is 0.294 e. The summed E-state index contributed by atoms with van der Waals surface area (Å²) in [5.41, 5.74) is 0.188. The molecule has 2 saturated heterocycles. The molecule has 0 amide bonds. The molecule has 2 unspecified atom stereocenters. The number of nitrogens with one attached hydrogen (secondary N) is 1. The Bertz CT molecular complexity index is 305. The monoisotopic (exact) mass is 249 g/mol. The highest BCUT2D eigenvalue weighted by Crippen LogP contribution is 2.67. The lowest BCUT2D eigenvalue weighted by Crippen LogP contribution is -2.22. The minimum Gasteiger partial charge on any atom is -0.270 e. The van der Waals surface area contributed by atoms with E-state index >= 15 is 0 Å². The molecule has 88 valence electrons. The van der Waals surface area contributed by atoms with Crippen LogP contribution >= 0.6 is 19.5 Å². The Hall–Kier alpha value is 0.460. The van der Waals surface area contributed by atoms with Crippen molar-refractivity contribution >= 4 is 19.5 Å². The zero-order valence-corrected chi connectivity index (χ0v) is 11.8.